The average Bonchev–Trinajstić information content (AvgIpc) is 3.61. The van der Waals surface area contributed by atoms with Crippen molar-refractivity contribution in [1.82, 2.24) is 18.7 Å². The molecule has 3 aromatic carbocycles. The first-order chi connectivity index (χ1) is 19.8. The molecule has 206 valence electrons. The standard InChI is InChI=1S/C33H29ClN4O3/c1-21-29(32(39)37(35(21)3)25-11-7-5-8-12-25)31(28-20-19-27(41-28)23-15-17-24(34)18-16-23)30-22(2)36(4)38(33(30)40)26-13-9-6-10-14-26/h5-20,31H,1-4H3. The molecular weight excluding hydrogens is 536 g/mol. The summed E-state index contributed by atoms with van der Waals surface area (Å²) in [4.78, 5) is 28.5. The molecule has 0 N–H and O–H groups in total. The van der Waals surface area contributed by atoms with E-state index < -0.39 is 5.92 Å². The van der Waals surface area contributed by atoms with Crippen LogP contribution < -0.4 is 11.1 Å². The fourth-order valence-electron chi connectivity index (χ4n) is 5.55. The molecule has 0 unspecified atom stereocenters. The lowest BCUT2D eigenvalue weighted by atomic mass is 9.89. The van der Waals surface area contributed by atoms with Gasteiger partial charge in [-0.2, -0.15) is 0 Å². The van der Waals surface area contributed by atoms with Crippen LogP contribution in [-0.4, -0.2) is 18.7 Å². The van der Waals surface area contributed by atoms with Gasteiger partial charge in [-0.05, 0) is 74.5 Å². The highest BCUT2D eigenvalue weighted by atomic mass is 35.5. The lowest BCUT2D eigenvalue weighted by Gasteiger charge is -2.13. The minimum Gasteiger partial charge on any atom is -0.460 e. The lowest BCUT2D eigenvalue weighted by molar-refractivity contribution is 0.513. The third kappa shape index (κ3) is 4.39. The van der Waals surface area contributed by atoms with Gasteiger partial charge < -0.3 is 4.42 Å². The summed E-state index contributed by atoms with van der Waals surface area (Å²) in [5.74, 6) is 0.381. The zero-order chi connectivity index (χ0) is 28.8. The minimum atomic E-state index is -0.747. The van der Waals surface area contributed by atoms with Gasteiger partial charge in [0, 0.05) is 36.1 Å². The number of nitrogens with zero attached hydrogens (tertiary/aromatic N) is 4. The van der Waals surface area contributed by atoms with Crippen molar-refractivity contribution < 1.29 is 4.42 Å². The van der Waals surface area contributed by atoms with Crippen LogP contribution in [0.15, 0.2) is 111 Å². The number of hydrogen-bond donors (Lipinski definition) is 0. The summed E-state index contributed by atoms with van der Waals surface area (Å²) >= 11 is 6.11. The molecule has 0 aliphatic heterocycles. The van der Waals surface area contributed by atoms with Crippen molar-refractivity contribution in [3.05, 3.63) is 151 Å². The number of furan rings is 1. The van der Waals surface area contributed by atoms with Crippen LogP contribution in [0.5, 0.6) is 0 Å². The van der Waals surface area contributed by atoms with E-state index in [0.717, 1.165) is 28.3 Å². The number of hydrogen-bond acceptors (Lipinski definition) is 3. The van der Waals surface area contributed by atoms with Crippen molar-refractivity contribution in [2.75, 3.05) is 0 Å². The van der Waals surface area contributed by atoms with E-state index in [1.165, 1.54) is 0 Å². The second-order valence-corrected chi connectivity index (χ2v) is 10.5. The molecule has 0 spiro atoms. The van der Waals surface area contributed by atoms with E-state index in [0.29, 0.717) is 27.7 Å². The highest BCUT2D eigenvalue weighted by molar-refractivity contribution is 6.30. The predicted molar refractivity (Wildman–Crippen MR) is 162 cm³/mol. The number of aromatic nitrogens is 4. The molecule has 7 nitrogen and oxygen atoms in total. The smallest absolute Gasteiger partial charge is 0.275 e. The highest BCUT2D eigenvalue weighted by Crippen LogP contribution is 2.36. The molecule has 8 heteroatoms. The Morgan fingerprint density at radius 1 is 0.634 bits per heavy atom. The minimum absolute atomic E-state index is 0.209. The predicted octanol–water partition coefficient (Wildman–Crippen LogP) is 6.38. The van der Waals surface area contributed by atoms with Gasteiger partial charge in [0.05, 0.1) is 28.4 Å². The van der Waals surface area contributed by atoms with E-state index in [1.54, 1.807) is 21.5 Å². The molecule has 6 aromatic rings. The SMILES string of the molecule is Cc1c(C(c2ccc(-c3ccc(Cl)cc3)o2)c2c(C)n(C)n(-c3ccccc3)c2=O)c(=O)n(-c2ccccc2)n1C. The zero-order valence-corrected chi connectivity index (χ0v) is 24.0. The van der Waals surface area contributed by atoms with Crippen LogP contribution in [0.4, 0.5) is 0 Å². The zero-order valence-electron chi connectivity index (χ0n) is 23.2. The molecular formula is C33H29ClN4O3. The van der Waals surface area contributed by atoms with Gasteiger partial charge in [-0.3, -0.25) is 19.0 Å². The molecule has 0 fully saturated rings. The Hall–Kier alpha value is -4.75. The molecule has 41 heavy (non-hydrogen) atoms. The largest absolute Gasteiger partial charge is 0.460 e. The normalized spacial score (nSPS) is 11.5. The van der Waals surface area contributed by atoms with Crippen molar-refractivity contribution in [1.29, 1.82) is 0 Å². The van der Waals surface area contributed by atoms with E-state index in [4.69, 9.17) is 16.0 Å². The topological polar surface area (TPSA) is 67.0 Å². The van der Waals surface area contributed by atoms with Gasteiger partial charge in [0.25, 0.3) is 11.1 Å². The van der Waals surface area contributed by atoms with Crippen LogP contribution in [0.3, 0.4) is 0 Å². The Kier molecular flexibility index (Phi) is 6.67. The second kappa shape index (κ2) is 10.3. The molecule has 3 aromatic heterocycles. The average molecular weight is 565 g/mol. The van der Waals surface area contributed by atoms with Crippen molar-refractivity contribution in [2.45, 2.75) is 19.8 Å². The molecule has 0 aliphatic rings. The molecule has 0 amide bonds. The number of halogens is 1. The molecule has 0 radical (unpaired) electrons. The Morgan fingerprint density at radius 3 is 1.56 bits per heavy atom. The van der Waals surface area contributed by atoms with Gasteiger partial charge in [-0.15, -0.1) is 0 Å². The van der Waals surface area contributed by atoms with Crippen molar-refractivity contribution in [2.24, 2.45) is 14.1 Å². The maximum Gasteiger partial charge on any atom is 0.275 e. The van der Waals surface area contributed by atoms with E-state index in [1.807, 2.05) is 122 Å². The monoisotopic (exact) mass is 564 g/mol. The van der Waals surface area contributed by atoms with Crippen molar-refractivity contribution in [3.8, 4) is 22.7 Å². The van der Waals surface area contributed by atoms with Gasteiger partial charge in [-0.1, -0.05) is 48.0 Å². The first-order valence-corrected chi connectivity index (χ1v) is 13.7. The van der Waals surface area contributed by atoms with E-state index in [9.17, 15) is 9.59 Å². The van der Waals surface area contributed by atoms with Crippen molar-refractivity contribution in [3.63, 3.8) is 0 Å². The van der Waals surface area contributed by atoms with Crippen LogP contribution in [-0.2, 0) is 14.1 Å². The van der Waals surface area contributed by atoms with E-state index >= 15 is 0 Å². The third-order valence-electron chi connectivity index (χ3n) is 7.81. The number of benzene rings is 3. The van der Waals surface area contributed by atoms with E-state index in [-0.39, 0.29) is 11.1 Å². The summed E-state index contributed by atoms with van der Waals surface area (Å²) in [5, 5.41) is 0.626. The quantitative estimate of drug-likeness (QED) is 0.236. The molecule has 0 atom stereocenters. The second-order valence-electron chi connectivity index (χ2n) is 10.1. The van der Waals surface area contributed by atoms with Crippen molar-refractivity contribution >= 4 is 11.6 Å². The molecule has 3 heterocycles. The highest BCUT2D eigenvalue weighted by Gasteiger charge is 2.34. The van der Waals surface area contributed by atoms with Gasteiger partial charge in [0.15, 0.2) is 0 Å². The summed E-state index contributed by atoms with van der Waals surface area (Å²) in [5.41, 5.74) is 4.35. The summed E-state index contributed by atoms with van der Waals surface area (Å²) in [6, 6.07) is 30.1. The van der Waals surface area contributed by atoms with E-state index in [2.05, 4.69) is 0 Å². The maximum atomic E-state index is 14.3. The number of rotatable bonds is 6. The first kappa shape index (κ1) is 26.5. The first-order valence-electron chi connectivity index (χ1n) is 13.3. The Morgan fingerprint density at radius 2 is 1.10 bits per heavy atom. The summed E-state index contributed by atoms with van der Waals surface area (Å²) in [6.07, 6.45) is 0. The molecule has 0 aliphatic carbocycles. The van der Waals surface area contributed by atoms with Gasteiger partial charge in [0.1, 0.15) is 11.5 Å². The summed E-state index contributed by atoms with van der Waals surface area (Å²) < 4.78 is 13.4. The third-order valence-corrected chi connectivity index (χ3v) is 8.07. The Labute approximate surface area is 242 Å². The van der Waals surface area contributed by atoms with Crippen LogP contribution in [0.2, 0.25) is 5.02 Å². The van der Waals surface area contributed by atoms with Crippen LogP contribution in [0.1, 0.15) is 34.2 Å². The van der Waals surface area contributed by atoms with Crippen LogP contribution in [0, 0.1) is 13.8 Å². The fourth-order valence-corrected chi connectivity index (χ4v) is 5.67. The van der Waals surface area contributed by atoms with Crippen LogP contribution in [0.25, 0.3) is 22.7 Å². The molecule has 0 saturated heterocycles. The van der Waals surface area contributed by atoms with Gasteiger partial charge in [-0.25, -0.2) is 9.36 Å². The van der Waals surface area contributed by atoms with Gasteiger partial charge in [0.2, 0.25) is 0 Å². The lowest BCUT2D eigenvalue weighted by Crippen LogP contribution is -2.26. The summed E-state index contributed by atoms with van der Waals surface area (Å²) in [6.45, 7) is 3.81. The number of para-hydroxylation sites is 2. The molecule has 6 rings (SSSR count). The fraction of sp³-hybridized carbons (Fsp3) is 0.152. The maximum absolute atomic E-state index is 14.3. The Bertz CT molecular complexity index is 1870. The molecule has 0 saturated carbocycles. The Balaban J connectivity index is 1.63. The van der Waals surface area contributed by atoms with Gasteiger partial charge >= 0.3 is 0 Å². The molecule has 0 bridgehead atoms. The van der Waals surface area contributed by atoms with Crippen LogP contribution >= 0.6 is 11.6 Å². The summed E-state index contributed by atoms with van der Waals surface area (Å²) in [7, 11) is 3.71.